The molecule has 17 heavy (non-hydrogen) atoms. The maximum absolute atomic E-state index is 10.0. The topological polar surface area (TPSA) is 29.5 Å². The third kappa shape index (κ3) is 6.74. The number of aldehydes is 1. The summed E-state index contributed by atoms with van der Waals surface area (Å²) in [5, 5.41) is 0. The Hall–Kier alpha value is -1.35. The third-order valence-corrected chi connectivity index (χ3v) is 2.20. The van der Waals surface area contributed by atoms with Crippen molar-refractivity contribution >= 4 is 12.0 Å². The lowest BCUT2D eigenvalue weighted by Gasteiger charge is -2.19. The highest BCUT2D eigenvalue weighted by atomic mass is 16.5. The van der Waals surface area contributed by atoms with Crippen molar-refractivity contribution in [3.05, 3.63) is 29.8 Å². The van der Waals surface area contributed by atoms with E-state index in [2.05, 4.69) is 30.0 Å². The number of carbonyl (C=O) groups excluding carboxylic acids is 1. The third-order valence-electron chi connectivity index (χ3n) is 2.20. The van der Waals surface area contributed by atoms with Gasteiger partial charge < -0.3 is 14.4 Å². The lowest BCUT2D eigenvalue weighted by Crippen LogP contribution is -2.22. The van der Waals surface area contributed by atoms with E-state index in [1.807, 2.05) is 27.0 Å². The van der Waals surface area contributed by atoms with Crippen LogP contribution in [0.1, 0.15) is 19.4 Å². The van der Waals surface area contributed by atoms with Gasteiger partial charge in [0, 0.05) is 19.3 Å². The molecule has 3 nitrogen and oxygen atoms in total. The van der Waals surface area contributed by atoms with E-state index < -0.39 is 0 Å². The molecule has 0 heterocycles. The van der Waals surface area contributed by atoms with Crippen LogP contribution in [0.2, 0.25) is 0 Å². The van der Waals surface area contributed by atoms with Crippen LogP contribution in [0.25, 0.3) is 0 Å². The number of rotatable bonds is 6. The van der Waals surface area contributed by atoms with Crippen molar-refractivity contribution in [3.63, 3.8) is 0 Å². The van der Waals surface area contributed by atoms with Gasteiger partial charge in [0.2, 0.25) is 0 Å². The van der Waals surface area contributed by atoms with Gasteiger partial charge in [-0.25, -0.2) is 0 Å². The Morgan fingerprint density at radius 1 is 1.35 bits per heavy atom. The van der Waals surface area contributed by atoms with Crippen molar-refractivity contribution in [1.82, 2.24) is 0 Å². The molecule has 3 heteroatoms. The lowest BCUT2D eigenvalue weighted by atomic mass is 10.2. The number of carbonyl (C=O) groups is 1. The Labute approximate surface area is 104 Å². The molecule has 0 spiro atoms. The van der Waals surface area contributed by atoms with Crippen molar-refractivity contribution in [3.8, 4) is 0 Å². The zero-order chi connectivity index (χ0) is 13.1. The Morgan fingerprint density at radius 3 is 2.65 bits per heavy atom. The second kappa shape index (κ2) is 9.85. The monoisotopic (exact) mass is 237 g/mol. The number of benzene rings is 1. The van der Waals surface area contributed by atoms with E-state index in [1.54, 1.807) is 0 Å². The summed E-state index contributed by atoms with van der Waals surface area (Å²) in [5.41, 5.74) is 2.41. The number of nitrogens with zero attached hydrogens (tertiary/aromatic N) is 1. The molecule has 0 saturated heterocycles. The number of likely N-dealkylation sites (N-methyl/N-ethyl adjacent to an activating group) is 1. The predicted octanol–water partition coefficient (Wildman–Crippen LogP) is 2.67. The summed E-state index contributed by atoms with van der Waals surface area (Å²) < 4.78 is 5.10. The van der Waals surface area contributed by atoms with Crippen LogP contribution in [0.15, 0.2) is 24.3 Å². The predicted molar refractivity (Wildman–Crippen MR) is 72.7 cm³/mol. The van der Waals surface area contributed by atoms with E-state index in [9.17, 15) is 4.79 Å². The smallest absolute Gasteiger partial charge is 0.145 e. The highest BCUT2D eigenvalue weighted by Crippen LogP contribution is 2.13. The van der Waals surface area contributed by atoms with E-state index >= 15 is 0 Å². The van der Waals surface area contributed by atoms with Crippen molar-refractivity contribution in [2.75, 3.05) is 31.7 Å². The van der Waals surface area contributed by atoms with Crippen LogP contribution in [0.4, 0.5) is 5.69 Å². The highest BCUT2D eigenvalue weighted by molar-refractivity contribution is 5.50. The molecule has 0 bridgehead atoms. The van der Waals surface area contributed by atoms with Gasteiger partial charge in [-0.3, -0.25) is 0 Å². The average Bonchev–Trinajstić information content (AvgIpc) is 2.37. The van der Waals surface area contributed by atoms with Gasteiger partial charge in [-0.1, -0.05) is 26.0 Å². The minimum absolute atomic E-state index is 0.182. The molecule has 96 valence electrons. The lowest BCUT2D eigenvalue weighted by molar-refractivity contribution is -0.111. The molecule has 0 aliphatic rings. The molecule has 0 amide bonds. The molecule has 0 radical (unpaired) electrons. The van der Waals surface area contributed by atoms with Crippen LogP contribution < -0.4 is 4.90 Å². The normalized spacial score (nSPS) is 9.18. The molecule has 0 N–H and O–H groups in total. The van der Waals surface area contributed by atoms with Crippen LogP contribution in [-0.2, 0) is 9.53 Å². The number of hydrogen-bond donors (Lipinski definition) is 0. The van der Waals surface area contributed by atoms with Crippen LogP contribution in [-0.4, -0.2) is 33.1 Å². The highest BCUT2D eigenvalue weighted by Gasteiger charge is 1.99. The van der Waals surface area contributed by atoms with E-state index in [1.165, 1.54) is 11.3 Å². The SMILES string of the molecule is CC.Cc1cccc(N(C)CCOCC=O)c1. The zero-order valence-electron chi connectivity index (χ0n) is 11.3. The van der Waals surface area contributed by atoms with Gasteiger partial charge in [-0.2, -0.15) is 0 Å². The van der Waals surface area contributed by atoms with E-state index in [4.69, 9.17) is 4.74 Å². The molecule has 0 unspecified atom stereocenters. The van der Waals surface area contributed by atoms with Gasteiger partial charge in [-0.15, -0.1) is 0 Å². The fraction of sp³-hybridized carbons (Fsp3) is 0.500. The fourth-order valence-corrected chi connectivity index (χ4v) is 1.33. The van der Waals surface area contributed by atoms with E-state index in [-0.39, 0.29) is 6.61 Å². The number of ether oxygens (including phenoxy) is 1. The first-order valence-electron chi connectivity index (χ1n) is 6.03. The molecule has 1 rings (SSSR count). The Bertz CT molecular complexity index is 313. The van der Waals surface area contributed by atoms with E-state index in [0.717, 1.165) is 12.8 Å². The Morgan fingerprint density at radius 2 is 2.06 bits per heavy atom. The van der Waals surface area contributed by atoms with Gasteiger partial charge in [0.25, 0.3) is 0 Å². The molecular weight excluding hydrogens is 214 g/mol. The molecule has 0 aromatic heterocycles. The van der Waals surface area contributed by atoms with Gasteiger partial charge in [-0.05, 0) is 24.6 Å². The molecule has 0 saturated carbocycles. The Balaban J connectivity index is 0.00000121. The molecule has 0 atom stereocenters. The summed E-state index contributed by atoms with van der Waals surface area (Å²) in [5.74, 6) is 0. The maximum atomic E-state index is 10.0. The van der Waals surface area contributed by atoms with Crippen molar-refractivity contribution < 1.29 is 9.53 Å². The van der Waals surface area contributed by atoms with Crippen molar-refractivity contribution in [2.24, 2.45) is 0 Å². The number of anilines is 1. The summed E-state index contributed by atoms with van der Waals surface area (Å²) in [6.07, 6.45) is 0.771. The molecular formula is C14H23NO2. The average molecular weight is 237 g/mol. The van der Waals surface area contributed by atoms with Gasteiger partial charge in [0.1, 0.15) is 12.9 Å². The quantitative estimate of drug-likeness (QED) is 0.563. The van der Waals surface area contributed by atoms with Crippen LogP contribution in [0.3, 0.4) is 0 Å². The number of hydrogen-bond acceptors (Lipinski definition) is 3. The van der Waals surface area contributed by atoms with Gasteiger partial charge in [0.05, 0.1) is 6.61 Å². The molecule has 0 aliphatic heterocycles. The zero-order valence-corrected chi connectivity index (χ0v) is 11.3. The van der Waals surface area contributed by atoms with Crippen molar-refractivity contribution in [1.29, 1.82) is 0 Å². The summed E-state index contributed by atoms with van der Waals surface area (Å²) in [6.45, 7) is 7.61. The number of aryl methyl sites for hydroxylation is 1. The first kappa shape index (κ1) is 15.7. The molecule has 0 fully saturated rings. The second-order valence-corrected chi connectivity index (χ2v) is 3.50. The van der Waals surface area contributed by atoms with Crippen LogP contribution in [0.5, 0.6) is 0 Å². The second-order valence-electron chi connectivity index (χ2n) is 3.50. The van der Waals surface area contributed by atoms with Gasteiger partial charge in [0.15, 0.2) is 0 Å². The summed E-state index contributed by atoms with van der Waals surface area (Å²) in [4.78, 5) is 12.1. The van der Waals surface area contributed by atoms with E-state index in [0.29, 0.717) is 6.61 Å². The van der Waals surface area contributed by atoms with Crippen LogP contribution in [0, 0.1) is 6.92 Å². The summed E-state index contributed by atoms with van der Waals surface area (Å²) in [7, 11) is 2.01. The summed E-state index contributed by atoms with van der Waals surface area (Å²) >= 11 is 0. The molecule has 0 aliphatic carbocycles. The summed E-state index contributed by atoms with van der Waals surface area (Å²) in [6, 6.07) is 8.29. The first-order valence-corrected chi connectivity index (χ1v) is 6.03. The first-order chi connectivity index (χ1) is 8.24. The van der Waals surface area contributed by atoms with Gasteiger partial charge >= 0.3 is 0 Å². The fourth-order valence-electron chi connectivity index (χ4n) is 1.33. The molecule has 1 aromatic rings. The minimum atomic E-state index is 0.182. The molecule has 1 aromatic carbocycles. The van der Waals surface area contributed by atoms with Crippen LogP contribution >= 0.6 is 0 Å². The largest absolute Gasteiger partial charge is 0.372 e. The Kier molecular flexibility index (Phi) is 9.06. The standard InChI is InChI=1S/C12H17NO2.C2H6/c1-11-4-3-5-12(10-11)13(2)6-8-15-9-7-14;1-2/h3-5,7,10H,6,8-9H2,1-2H3;1-2H3. The minimum Gasteiger partial charge on any atom is -0.372 e. The maximum Gasteiger partial charge on any atom is 0.145 e. The van der Waals surface area contributed by atoms with Crippen molar-refractivity contribution in [2.45, 2.75) is 20.8 Å².